The fourth-order valence-corrected chi connectivity index (χ4v) is 3.04. The van der Waals surface area contributed by atoms with E-state index in [-0.39, 0.29) is 18.0 Å². The standard InChI is InChI=1S/C22H21ClN2O3.ClH/c23-19-3-1-2-17(12-19)21(26)14-24-11-10-15-4-6-16(7-5-15)20-9-8-18(13-25-20)22(27)28;/h1-9,12-13,21,24,26H,10-11,14H2,(H,27,28);1H/t21-;/m0./s1. The molecule has 7 heteroatoms. The number of hydrogen-bond donors (Lipinski definition) is 3. The zero-order valence-electron chi connectivity index (χ0n) is 15.6. The summed E-state index contributed by atoms with van der Waals surface area (Å²) in [6.45, 7) is 1.20. The fraction of sp³-hybridized carbons (Fsp3) is 0.182. The van der Waals surface area contributed by atoms with E-state index in [4.69, 9.17) is 16.7 Å². The number of aliphatic hydroxyl groups excluding tert-OH is 1. The van der Waals surface area contributed by atoms with Crippen molar-refractivity contribution in [3.8, 4) is 11.3 Å². The number of rotatable bonds is 8. The number of nitrogens with zero attached hydrogens (tertiary/aromatic N) is 1. The summed E-state index contributed by atoms with van der Waals surface area (Å²) >= 11 is 5.95. The molecule has 5 nitrogen and oxygen atoms in total. The molecule has 0 aliphatic heterocycles. The summed E-state index contributed by atoms with van der Waals surface area (Å²) in [6, 6.07) is 18.5. The van der Waals surface area contributed by atoms with E-state index in [2.05, 4.69) is 10.3 Å². The topological polar surface area (TPSA) is 82.5 Å². The molecule has 1 heterocycles. The maximum Gasteiger partial charge on any atom is 0.337 e. The molecule has 0 aliphatic rings. The molecular weight excluding hydrogens is 411 g/mol. The Hall–Kier alpha value is -2.44. The van der Waals surface area contributed by atoms with Crippen LogP contribution in [0.5, 0.6) is 0 Å². The van der Waals surface area contributed by atoms with Crippen molar-refractivity contribution < 1.29 is 15.0 Å². The number of nitrogens with one attached hydrogen (secondary N) is 1. The van der Waals surface area contributed by atoms with Crippen LogP contribution in [-0.2, 0) is 6.42 Å². The quantitative estimate of drug-likeness (QED) is 0.459. The average molecular weight is 433 g/mol. The van der Waals surface area contributed by atoms with Crippen molar-refractivity contribution in [2.45, 2.75) is 12.5 Å². The molecule has 0 aliphatic carbocycles. The summed E-state index contributed by atoms with van der Waals surface area (Å²) in [4.78, 5) is 15.1. The molecule has 0 radical (unpaired) electrons. The molecule has 1 atom stereocenters. The SMILES string of the molecule is Cl.O=C(O)c1ccc(-c2ccc(CCNC[C@H](O)c3cccc(Cl)c3)cc2)nc1. The van der Waals surface area contributed by atoms with E-state index in [1.165, 1.54) is 6.20 Å². The van der Waals surface area contributed by atoms with Gasteiger partial charge in [0.2, 0.25) is 0 Å². The first kappa shape index (κ1) is 22.8. The predicted octanol–water partition coefficient (Wildman–Crippen LogP) is 4.39. The highest BCUT2D eigenvalue weighted by atomic mass is 35.5. The maximum atomic E-state index is 10.9. The van der Waals surface area contributed by atoms with Crippen LogP contribution in [-0.4, -0.2) is 34.3 Å². The zero-order valence-corrected chi connectivity index (χ0v) is 17.2. The van der Waals surface area contributed by atoms with Gasteiger partial charge in [-0.15, -0.1) is 12.4 Å². The lowest BCUT2D eigenvalue weighted by Gasteiger charge is -2.12. The van der Waals surface area contributed by atoms with Gasteiger partial charge in [-0.2, -0.15) is 0 Å². The fourth-order valence-electron chi connectivity index (χ4n) is 2.84. The molecular formula is C22H22Cl2N2O3. The van der Waals surface area contributed by atoms with Gasteiger partial charge in [-0.25, -0.2) is 4.79 Å². The number of carboxylic acid groups (broad SMARTS) is 1. The van der Waals surface area contributed by atoms with E-state index in [9.17, 15) is 9.90 Å². The third-order valence-corrected chi connectivity index (χ3v) is 4.66. The minimum absolute atomic E-state index is 0. The van der Waals surface area contributed by atoms with E-state index in [0.29, 0.717) is 11.6 Å². The first-order valence-corrected chi connectivity index (χ1v) is 9.33. The van der Waals surface area contributed by atoms with Crippen LogP contribution < -0.4 is 5.32 Å². The van der Waals surface area contributed by atoms with Crippen molar-refractivity contribution in [3.05, 3.63) is 88.6 Å². The van der Waals surface area contributed by atoms with Gasteiger partial charge in [0.05, 0.1) is 17.4 Å². The molecule has 152 valence electrons. The highest BCUT2D eigenvalue weighted by Crippen LogP contribution is 2.19. The highest BCUT2D eigenvalue weighted by Gasteiger charge is 2.07. The molecule has 0 spiro atoms. The van der Waals surface area contributed by atoms with Gasteiger partial charge < -0.3 is 15.5 Å². The molecule has 0 bridgehead atoms. The van der Waals surface area contributed by atoms with Gasteiger partial charge in [-0.1, -0.05) is 48.0 Å². The van der Waals surface area contributed by atoms with Crippen LogP contribution in [0.25, 0.3) is 11.3 Å². The number of aliphatic hydroxyl groups is 1. The smallest absolute Gasteiger partial charge is 0.337 e. The van der Waals surface area contributed by atoms with E-state index in [1.807, 2.05) is 36.4 Å². The number of hydrogen-bond acceptors (Lipinski definition) is 4. The van der Waals surface area contributed by atoms with Crippen molar-refractivity contribution in [2.75, 3.05) is 13.1 Å². The first-order valence-electron chi connectivity index (χ1n) is 8.96. The number of pyridine rings is 1. The number of aromatic carboxylic acids is 1. The van der Waals surface area contributed by atoms with Gasteiger partial charge in [-0.05, 0) is 48.4 Å². The third-order valence-electron chi connectivity index (χ3n) is 4.42. The van der Waals surface area contributed by atoms with Gasteiger partial charge in [0.1, 0.15) is 0 Å². The number of aromatic nitrogens is 1. The monoisotopic (exact) mass is 432 g/mol. The molecule has 0 saturated carbocycles. The van der Waals surface area contributed by atoms with Crippen molar-refractivity contribution in [2.24, 2.45) is 0 Å². The lowest BCUT2D eigenvalue weighted by molar-refractivity contribution is 0.0696. The van der Waals surface area contributed by atoms with Crippen LogP contribution in [0, 0.1) is 0 Å². The van der Waals surface area contributed by atoms with E-state index in [1.54, 1.807) is 24.3 Å². The second kappa shape index (κ2) is 10.9. The lowest BCUT2D eigenvalue weighted by Crippen LogP contribution is -2.23. The molecule has 2 aromatic carbocycles. The van der Waals surface area contributed by atoms with Crippen LogP contribution >= 0.6 is 24.0 Å². The lowest BCUT2D eigenvalue weighted by atomic mass is 10.1. The molecule has 0 fully saturated rings. The summed E-state index contributed by atoms with van der Waals surface area (Å²) < 4.78 is 0. The normalized spacial score (nSPS) is 11.5. The van der Waals surface area contributed by atoms with Crippen molar-refractivity contribution in [1.82, 2.24) is 10.3 Å². The number of halogens is 2. The van der Waals surface area contributed by atoms with Gasteiger partial charge in [-0.3, -0.25) is 4.98 Å². The zero-order chi connectivity index (χ0) is 19.9. The molecule has 0 saturated heterocycles. The number of carbonyl (C=O) groups is 1. The Labute approximate surface area is 180 Å². The van der Waals surface area contributed by atoms with Crippen LogP contribution in [0.4, 0.5) is 0 Å². The molecule has 29 heavy (non-hydrogen) atoms. The van der Waals surface area contributed by atoms with Crippen LogP contribution in [0.15, 0.2) is 66.9 Å². The molecule has 0 unspecified atom stereocenters. The number of benzene rings is 2. The summed E-state index contributed by atoms with van der Waals surface area (Å²) in [5.74, 6) is -0.984. The summed E-state index contributed by atoms with van der Waals surface area (Å²) in [5.41, 5.74) is 3.80. The van der Waals surface area contributed by atoms with Crippen molar-refractivity contribution in [1.29, 1.82) is 0 Å². The second-order valence-corrected chi connectivity index (χ2v) is 6.90. The Bertz CT molecular complexity index is 932. The minimum atomic E-state index is -0.984. The van der Waals surface area contributed by atoms with Crippen LogP contribution in [0.3, 0.4) is 0 Å². The highest BCUT2D eigenvalue weighted by molar-refractivity contribution is 6.30. The Morgan fingerprint density at radius 1 is 1.10 bits per heavy atom. The second-order valence-electron chi connectivity index (χ2n) is 6.46. The summed E-state index contributed by atoms with van der Waals surface area (Å²) in [5, 5.41) is 23.0. The van der Waals surface area contributed by atoms with E-state index >= 15 is 0 Å². The molecule has 3 aromatic rings. The number of carboxylic acids is 1. The average Bonchev–Trinajstić information content (AvgIpc) is 2.71. The molecule has 3 rings (SSSR count). The Kier molecular flexibility index (Phi) is 8.61. The largest absolute Gasteiger partial charge is 0.478 e. The molecule has 3 N–H and O–H groups in total. The van der Waals surface area contributed by atoms with Crippen molar-refractivity contribution in [3.63, 3.8) is 0 Å². The minimum Gasteiger partial charge on any atom is -0.478 e. The molecule has 1 aromatic heterocycles. The van der Waals surface area contributed by atoms with Gasteiger partial charge in [0.15, 0.2) is 0 Å². The third kappa shape index (κ3) is 6.54. The summed E-state index contributed by atoms with van der Waals surface area (Å²) in [7, 11) is 0. The van der Waals surface area contributed by atoms with Crippen LogP contribution in [0.1, 0.15) is 27.6 Å². The van der Waals surface area contributed by atoms with Crippen LogP contribution in [0.2, 0.25) is 5.02 Å². The van der Waals surface area contributed by atoms with Crippen molar-refractivity contribution >= 4 is 30.0 Å². The first-order chi connectivity index (χ1) is 13.5. The maximum absolute atomic E-state index is 10.9. The predicted molar refractivity (Wildman–Crippen MR) is 117 cm³/mol. The molecule has 0 amide bonds. The van der Waals surface area contributed by atoms with Gasteiger partial charge in [0, 0.05) is 23.3 Å². The van der Waals surface area contributed by atoms with Gasteiger partial charge in [0.25, 0.3) is 0 Å². The Balaban J connectivity index is 0.00000300. The Morgan fingerprint density at radius 2 is 1.86 bits per heavy atom. The van der Waals surface area contributed by atoms with E-state index < -0.39 is 12.1 Å². The summed E-state index contributed by atoms with van der Waals surface area (Å²) in [6.07, 6.45) is 1.59. The van der Waals surface area contributed by atoms with Gasteiger partial charge >= 0.3 is 5.97 Å². The Morgan fingerprint density at radius 3 is 2.48 bits per heavy atom. The van der Waals surface area contributed by atoms with E-state index in [0.717, 1.165) is 35.3 Å².